The van der Waals surface area contributed by atoms with Crippen molar-refractivity contribution in [2.75, 3.05) is 17.3 Å². The quantitative estimate of drug-likeness (QED) is 0.656. The van der Waals surface area contributed by atoms with Crippen molar-refractivity contribution in [2.45, 2.75) is 0 Å². The molecule has 78 valence electrons. The Balaban J connectivity index is 2.36. The summed E-state index contributed by atoms with van der Waals surface area (Å²) in [6, 6.07) is 4.99. The van der Waals surface area contributed by atoms with Crippen molar-refractivity contribution in [2.24, 2.45) is 0 Å². The molecule has 0 spiro atoms. The van der Waals surface area contributed by atoms with Gasteiger partial charge in [0.15, 0.2) is 12.4 Å². The Morgan fingerprint density at radius 3 is 3.07 bits per heavy atom. The first kappa shape index (κ1) is 10.2. The van der Waals surface area contributed by atoms with E-state index in [0.29, 0.717) is 17.0 Å². The molecule has 15 heavy (non-hydrogen) atoms. The van der Waals surface area contributed by atoms with Crippen LogP contribution in [-0.4, -0.2) is 23.6 Å². The summed E-state index contributed by atoms with van der Waals surface area (Å²) < 4.78 is 5.17. The fourth-order valence-corrected chi connectivity index (χ4v) is 1.66. The molecular formula is C10H8BrNO3. The topological polar surface area (TPSA) is 55.4 Å². The van der Waals surface area contributed by atoms with Crippen molar-refractivity contribution >= 4 is 33.3 Å². The minimum Gasteiger partial charge on any atom is -0.482 e. The second-order valence-electron chi connectivity index (χ2n) is 3.10. The Kier molecular flexibility index (Phi) is 2.73. The smallest absolute Gasteiger partial charge is 0.262 e. The zero-order chi connectivity index (χ0) is 10.8. The molecule has 0 radical (unpaired) electrons. The Bertz CT molecular complexity index is 431. The van der Waals surface area contributed by atoms with E-state index in [-0.39, 0.29) is 23.6 Å². The minimum atomic E-state index is -0.203. The fourth-order valence-electron chi connectivity index (χ4n) is 1.33. The van der Waals surface area contributed by atoms with Crippen LogP contribution in [0, 0.1) is 0 Å². The number of ether oxygens (including phenoxy) is 1. The highest BCUT2D eigenvalue weighted by Gasteiger charge is 2.17. The number of hydrogen-bond acceptors (Lipinski definition) is 3. The highest BCUT2D eigenvalue weighted by molar-refractivity contribution is 9.09. The monoisotopic (exact) mass is 269 g/mol. The van der Waals surface area contributed by atoms with E-state index in [1.165, 1.54) is 0 Å². The number of halogens is 1. The van der Waals surface area contributed by atoms with Crippen LogP contribution in [0.1, 0.15) is 10.4 Å². The van der Waals surface area contributed by atoms with E-state index in [0.717, 1.165) is 0 Å². The van der Waals surface area contributed by atoms with Crippen LogP contribution in [0.4, 0.5) is 5.69 Å². The molecule has 0 unspecified atom stereocenters. The fraction of sp³-hybridized carbons (Fsp3) is 0.200. The zero-order valence-corrected chi connectivity index (χ0v) is 9.33. The van der Waals surface area contributed by atoms with Gasteiger partial charge in [0.25, 0.3) is 5.91 Å². The summed E-state index contributed by atoms with van der Waals surface area (Å²) >= 11 is 3.09. The van der Waals surface area contributed by atoms with E-state index < -0.39 is 0 Å². The van der Waals surface area contributed by atoms with E-state index >= 15 is 0 Å². The predicted molar refractivity (Wildman–Crippen MR) is 58.7 cm³/mol. The molecule has 1 amide bonds. The molecule has 1 heterocycles. The molecule has 1 aromatic carbocycles. The van der Waals surface area contributed by atoms with E-state index in [1.807, 2.05) is 0 Å². The highest BCUT2D eigenvalue weighted by Crippen LogP contribution is 2.28. The molecular weight excluding hydrogens is 262 g/mol. The molecule has 0 aromatic heterocycles. The van der Waals surface area contributed by atoms with Crippen molar-refractivity contribution in [1.82, 2.24) is 0 Å². The van der Waals surface area contributed by atoms with Gasteiger partial charge in [0.05, 0.1) is 11.0 Å². The number of carbonyl (C=O) groups is 2. The molecule has 0 bridgehead atoms. The largest absolute Gasteiger partial charge is 0.482 e. The van der Waals surface area contributed by atoms with Gasteiger partial charge in [-0.2, -0.15) is 0 Å². The van der Waals surface area contributed by atoms with Crippen LogP contribution in [0.2, 0.25) is 0 Å². The molecule has 2 rings (SSSR count). The van der Waals surface area contributed by atoms with E-state index in [2.05, 4.69) is 21.2 Å². The average molecular weight is 270 g/mol. The number of anilines is 1. The number of fused-ring (bicyclic) bond motifs is 1. The van der Waals surface area contributed by atoms with Crippen molar-refractivity contribution in [3.63, 3.8) is 0 Å². The van der Waals surface area contributed by atoms with Gasteiger partial charge in [0.2, 0.25) is 0 Å². The van der Waals surface area contributed by atoms with Crippen molar-refractivity contribution in [1.29, 1.82) is 0 Å². The first-order valence-corrected chi connectivity index (χ1v) is 5.48. The lowest BCUT2D eigenvalue weighted by atomic mass is 10.1. The SMILES string of the molecule is O=C1COc2ccc(C(=O)CBr)cc2N1. The third kappa shape index (κ3) is 2.02. The van der Waals surface area contributed by atoms with E-state index in [4.69, 9.17) is 4.74 Å². The number of carbonyl (C=O) groups excluding carboxylic acids is 2. The standard InChI is InChI=1S/C10H8BrNO3/c11-4-8(13)6-1-2-9-7(3-6)12-10(14)5-15-9/h1-3H,4-5H2,(H,12,14). The number of ketones is 1. The third-order valence-corrected chi connectivity index (χ3v) is 2.57. The average Bonchev–Trinajstić information content (AvgIpc) is 2.27. The lowest BCUT2D eigenvalue weighted by Gasteiger charge is -2.18. The van der Waals surface area contributed by atoms with Gasteiger partial charge < -0.3 is 10.1 Å². The Hall–Kier alpha value is -1.36. The van der Waals surface area contributed by atoms with Crippen molar-refractivity contribution < 1.29 is 14.3 Å². The second-order valence-corrected chi connectivity index (χ2v) is 3.67. The summed E-state index contributed by atoms with van der Waals surface area (Å²) in [5.74, 6) is 0.365. The lowest BCUT2D eigenvalue weighted by molar-refractivity contribution is -0.118. The van der Waals surface area contributed by atoms with Gasteiger partial charge in [-0.05, 0) is 18.2 Å². The van der Waals surface area contributed by atoms with Crippen LogP contribution >= 0.6 is 15.9 Å². The first-order valence-electron chi connectivity index (χ1n) is 4.36. The van der Waals surface area contributed by atoms with E-state index in [9.17, 15) is 9.59 Å². The van der Waals surface area contributed by atoms with Crippen molar-refractivity contribution in [3.05, 3.63) is 23.8 Å². The summed E-state index contributed by atoms with van der Waals surface area (Å²) in [6.07, 6.45) is 0. The lowest BCUT2D eigenvalue weighted by Crippen LogP contribution is -2.25. The molecule has 5 heteroatoms. The molecule has 0 atom stereocenters. The number of Topliss-reactive ketones (excluding diaryl/α,β-unsaturated/α-hetero) is 1. The second kappa shape index (κ2) is 4.02. The Morgan fingerprint density at radius 2 is 2.33 bits per heavy atom. The Labute approximate surface area is 94.7 Å². The van der Waals surface area contributed by atoms with Crippen LogP contribution in [0.3, 0.4) is 0 Å². The van der Waals surface area contributed by atoms with Crippen molar-refractivity contribution in [3.8, 4) is 5.75 Å². The first-order chi connectivity index (χ1) is 7.20. The summed E-state index contributed by atoms with van der Waals surface area (Å²) in [5.41, 5.74) is 1.11. The maximum Gasteiger partial charge on any atom is 0.262 e. The van der Waals surface area contributed by atoms with E-state index in [1.54, 1.807) is 18.2 Å². The van der Waals surface area contributed by atoms with Gasteiger partial charge in [-0.1, -0.05) is 15.9 Å². The van der Waals surface area contributed by atoms with Crippen LogP contribution in [0.15, 0.2) is 18.2 Å². The minimum absolute atomic E-state index is 0.0265. The van der Waals surface area contributed by atoms with Gasteiger partial charge in [-0.15, -0.1) is 0 Å². The van der Waals surface area contributed by atoms with Crippen LogP contribution in [0.25, 0.3) is 0 Å². The number of hydrogen-bond donors (Lipinski definition) is 1. The molecule has 1 N–H and O–H groups in total. The summed E-state index contributed by atoms with van der Waals surface area (Å²) in [5, 5.41) is 2.91. The maximum absolute atomic E-state index is 11.4. The molecule has 1 aliphatic heterocycles. The van der Waals surface area contributed by atoms with Gasteiger partial charge >= 0.3 is 0 Å². The normalized spacial score (nSPS) is 13.8. The summed E-state index contributed by atoms with van der Waals surface area (Å²) in [7, 11) is 0. The molecule has 4 nitrogen and oxygen atoms in total. The Morgan fingerprint density at radius 1 is 1.53 bits per heavy atom. The third-order valence-electron chi connectivity index (χ3n) is 2.06. The predicted octanol–water partition coefficient (Wildman–Crippen LogP) is 1.60. The van der Waals surface area contributed by atoms with Gasteiger partial charge in [0.1, 0.15) is 5.75 Å². The molecule has 0 saturated heterocycles. The molecule has 0 fully saturated rings. The number of benzene rings is 1. The maximum atomic E-state index is 11.4. The number of nitrogens with one attached hydrogen (secondary N) is 1. The van der Waals surface area contributed by atoms with Crippen LogP contribution in [0.5, 0.6) is 5.75 Å². The highest BCUT2D eigenvalue weighted by atomic mass is 79.9. The zero-order valence-electron chi connectivity index (χ0n) is 7.75. The van der Waals surface area contributed by atoms with Gasteiger partial charge in [-0.25, -0.2) is 0 Å². The summed E-state index contributed by atoms with van der Waals surface area (Å²) in [6.45, 7) is 0.0265. The number of rotatable bonds is 2. The molecule has 0 saturated carbocycles. The summed E-state index contributed by atoms with van der Waals surface area (Å²) in [4.78, 5) is 22.4. The molecule has 1 aliphatic rings. The van der Waals surface area contributed by atoms with Crippen LogP contribution in [-0.2, 0) is 4.79 Å². The molecule has 1 aromatic rings. The van der Waals surface area contributed by atoms with Gasteiger partial charge in [0, 0.05) is 5.56 Å². The number of amides is 1. The van der Waals surface area contributed by atoms with Gasteiger partial charge in [-0.3, -0.25) is 9.59 Å². The number of alkyl halides is 1. The van der Waals surface area contributed by atoms with Crippen LogP contribution < -0.4 is 10.1 Å². The molecule has 0 aliphatic carbocycles.